The Labute approximate surface area is 211 Å². The van der Waals surface area contributed by atoms with Gasteiger partial charge in [0.1, 0.15) is 11.4 Å². The highest BCUT2D eigenvalue weighted by Gasteiger charge is 2.39. The zero-order valence-corrected chi connectivity index (χ0v) is 21.0. The third-order valence-corrected chi connectivity index (χ3v) is 6.66. The molecule has 2 aromatic carbocycles. The van der Waals surface area contributed by atoms with Crippen LogP contribution in [0.5, 0.6) is 0 Å². The van der Waals surface area contributed by atoms with E-state index in [4.69, 9.17) is 9.84 Å². The van der Waals surface area contributed by atoms with E-state index in [1.54, 1.807) is 4.90 Å². The van der Waals surface area contributed by atoms with Crippen LogP contribution in [-0.2, 0) is 17.6 Å². The maximum absolute atomic E-state index is 13.3. The van der Waals surface area contributed by atoms with Crippen molar-refractivity contribution in [1.82, 2.24) is 20.0 Å². The molecule has 1 fully saturated rings. The number of carbonyl (C=O) groups excluding carboxylic acids is 2. The number of benzene rings is 2. The largest absolute Gasteiger partial charge is 0.444 e. The SMILES string of the molecule is CC(C)(C)OC(=O)N1C[C@H](NC(=O)Nc2c3c(nn2-c2ccccc2)CCC3)[C@@H](c2ccccc2)C1. The van der Waals surface area contributed by atoms with Gasteiger partial charge in [-0.15, -0.1) is 0 Å². The number of para-hydroxylation sites is 1. The van der Waals surface area contributed by atoms with E-state index in [0.29, 0.717) is 18.9 Å². The molecule has 2 aliphatic rings. The van der Waals surface area contributed by atoms with Crippen molar-refractivity contribution in [2.45, 2.75) is 57.6 Å². The minimum absolute atomic E-state index is 0.0470. The van der Waals surface area contributed by atoms with Crippen molar-refractivity contribution in [1.29, 1.82) is 0 Å². The number of hydrogen-bond acceptors (Lipinski definition) is 4. The van der Waals surface area contributed by atoms with Crippen molar-refractivity contribution in [2.24, 2.45) is 0 Å². The predicted octanol–water partition coefficient (Wildman–Crippen LogP) is 4.89. The van der Waals surface area contributed by atoms with Gasteiger partial charge in [-0.1, -0.05) is 48.5 Å². The van der Waals surface area contributed by atoms with Gasteiger partial charge in [0.15, 0.2) is 0 Å². The van der Waals surface area contributed by atoms with Gasteiger partial charge in [0.05, 0.1) is 17.4 Å². The maximum atomic E-state index is 13.3. The number of likely N-dealkylation sites (tertiary alicyclic amines) is 1. The van der Waals surface area contributed by atoms with Crippen LogP contribution >= 0.6 is 0 Å². The van der Waals surface area contributed by atoms with E-state index >= 15 is 0 Å². The Morgan fingerprint density at radius 1 is 0.972 bits per heavy atom. The van der Waals surface area contributed by atoms with Gasteiger partial charge in [0.25, 0.3) is 0 Å². The number of hydrogen-bond donors (Lipinski definition) is 2. The molecule has 188 valence electrons. The number of carbonyl (C=O) groups is 2. The molecule has 0 saturated carbocycles. The molecule has 0 unspecified atom stereocenters. The first kappa shape index (κ1) is 23.9. The van der Waals surface area contributed by atoms with Crippen LogP contribution in [0.3, 0.4) is 0 Å². The van der Waals surface area contributed by atoms with Gasteiger partial charge in [0, 0.05) is 24.6 Å². The molecular weight excluding hydrogens is 454 g/mol. The molecule has 8 heteroatoms. The van der Waals surface area contributed by atoms with E-state index in [-0.39, 0.29) is 24.1 Å². The average molecular weight is 488 g/mol. The molecule has 2 heterocycles. The number of amides is 3. The topological polar surface area (TPSA) is 88.5 Å². The highest BCUT2D eigenvalue weighted by atomic mass is 16.6. The van der Waals surface area contributed by atoms with Crippen molar-refractivity contribution in [2.75, 3.05) is 18.4 Å². The zero-order chi connectivity index (χ0) is 25.3. The summed E-state index contributed by atoms with van der Waals surface area (Å²) in [6, 6.07) is 19.2. The fraction of sp³-hybridized carbons (Fsp3) is 0.393. The summed E-state index contributed by atoms with van der Waals surface area (Å²) in [6.07, 6.45) is 2.47. The summed E-state index contributed by atoms with van der Waals surface area (Å²) >= 11 is 0. The number of aromatic nitrogens is 2. The van der Waals surface area contributed by atoms with Gasteiger partial charge in [-0.3, -0.25) is 5.32 Å². The third kappa shape index (κ3) is 5.08. The number of nitrogens with one attached hydrogen (secondary N) is 2. The Bertz CT molecular complexity index is 1230. The molecule has 5 rings (SSSR count). The summed E-state index contributed by atoms with van der Waals surface area (Å²) in [5.41, 5.74) is 3.52. The van der Waals surface area contributed by atoms with Crippen molar-refractivity contribution < 1.29 is 14.3 Å². The molecule has 2 N–H and O–H groups in total. The van der Waals surface area contributed by atoms with E-state index in [1.165, 1.54) is 0 Å². The van der Waals surface area contributed by atoms with Crippen LogP contribution in [0.1, 0.15) is 49.9 Å². The predicted molar refractivity (Wildman–Crippen MR) is 139 cm³/mol. The van der Waals surface area contributed by atoms with Gasteiger partial charge >= 0.3 is 12.1 Å². The molecule has 8 nitrogen and oxygen atoms in total. The molecular formula is C28H33N5O3. The maximum Gasteiger partial charge on any atom is 0.410 e. The van der Waals surface area contributed by atoms with Gasteiger partial charge < -0.3 is 15.0 Å². The Hall–Kier alpha value is -3.81. The highest BCUT2D eigenvalue weighted by molar-refractivity contribution is 5.90. The summed E-state index contributed by atoms with van der Waals surface area (Å²) < 4.78 is 7.43. The second-order valence-electron chi connectivity index (χ2n) is 10.5. The van der Waals surface area contributed by atoms with E-state index in [9.17, 15) is 9.59 Å². The number of fused-ring (bicyclic) bond motifs is 1. The lowest BCUT2D eigenvalue weighted by atomic mass is 9.94. The number of anilines is 1. The molecule has 36 heavy (non-hydrogen) atoms. The molecule has 0 spiro atoms. The highest BCUT2D eigenvalue weighted by Crippen LogP contribution is 2.32. The van der Waals surface area contributed by atoms with Gasteiger partial charge in [-0.25, -0.2) is 14.3 Å². The van der Waals surface area contributed by atoms with Crippen molar-refractivity contribution in [3.05, 3.63) is 77.5 Å². The minimum Gasteiger partial charge on any atom is -0.444 e. The lowest BCUT2D eigenvalue weighted by molar-refractivity contribution is 0.0289. The van der Waals surface area contributed by atoms with E-state index in [2.05, 4.69) is 10.6 Å². The second kappa shape index (κ2) is 9.68. The Morgan fingerprint density at radius 3 is 2.36 bits per heavy atom. The molecule has 1 aliphatic carbocycles. The lowest BCUT2D eigenvalue weighted by Gasteiger charge is -2.24. The van der Waals surface area contributed by atoms with Crippen LogP contribution in [0.4, 0.5) is 15.4 Å². The summed E-state index contributed by atoms with van der Waals surface area (Å²) in [4.78, 5) is 27.8. The smallest absolute Gasteiger partial charge is 0.410 e. The second-order valence-corrected chi connectivity index (χ2v) is 10.5. The standard InChI is InChI=1S/C28H33N5O3/c1-28(2,3)36-27(35)32-17-22(19-11-6-4-7-12-19)24(18-32)29-26(34)30-25-21-15-10-16-23(21)31-33(25)20-13-8-5-9-14-20/h4-9,11-14,22,24H,10,15-18H2,1-3H3,(H2,29,30,34)/t22-,24+/m1/s1. The molecule has 1 aliphatic heterocycles. The third-order valence-electron chi connectivity index (χ3n) is 6.66. The molecule has 3 amide bonds. The van der Waals surface area contributed by atoms with Crippen LogP contribution < -0.4 is 10.6 Å². The van der Waals surface area contributed by atoms with Gasteiger partial charge in [-0.2, -0.15) is 5.10 Å². The fourth-order valence-electron chi connectivity index (χ4n) is 5.05. The summed E-state index contributed by atoms with van der Waals surface area (Å²) in [7, 11) is 0. The number of aryl methyl sites for hydroxylation is 1. The summed E-state index contributed by atoms with van der Waals surface area (Å²) in [5.74, 6) is 0.665. The van der Waals surface area contributed by atoms with Gasteiger partial charge in [-0.05, 0) is 57.7 Å². The van der Waals surface area contributed by atoms with Crippen molar-refractivity contribution in [3.8, 4) is 5.69 Å². The molecule has 0 bridgehead atoms. The first-order chi connectivity index (χ1) is 17.3. The first-order valence-electron chi connectivity index (χ1n) is 12.5. The molecule has 1 saturated heterocycles. The number of ether oxygens (including phenoxy) is 1. The fourth-order valence-corrected chi connectivity index (χ4v) is 5.05. The van der Waals surface area contributed by atoms with E-state index < -0.39 is 5.60 Å². The molecule has 1 aromatic heterocycles. The normalized spacial score (nSPS) is 19.1. The van der Waals surface area contributed by atoms with Crippen LogP contribution in [-0.4, -0.2) is 51.5 Å². The number of rotatable bonds is 4. The monoisotopic (exact) mass is 487 g/mol. The number of urea groups is 1. The molecule has 3 aromatic rings. The molecule has 2 atom stereocenters. The quantitative estimate of drug-likeness (QED) is 0.549. The average Bonchev–Trinajstić information content (AvgIpc) is 3.55. The molecule has 0 radical (unpaired) electrons. The summed E-state index contributed by atoms with van der Waals surface area (Å²) in [6.45, 7) is 6.41. The lowest BCUT2D eigenvalue weighted by Crippen LogP contribution is -2.43. The van der Waals surface area contributed by atoms with Crippen LogP contribution in [0.25, 0.3) is 5.69 Å². The summed E-state index contributed by atoms with van der Waals surface area (Å²) in [5, 5.41) is 11.0. The van der Waals surface area contributed by atoms with Gasteiger partial charge in [0.2, 0.25) is 0 Å². The minimum atomic E-state index is -0.585. The van der Waals surface area contributed by atoms with E-state index in [0.717, 1.165) is 41.8 Å². The van der Waals surface area contributed by atoms with Crippen molar-refractivity contribution >= 4 is 17.9 Å². The Morgan fingerprint density at radius 2 is 1.67 bits per heavy atom. The number of nitrogens with zero attached hydrogens (tertiary/aromatic N) is 3. The van der Waals surface area contributed by atoms with Crippen LogP contribution in [0.15, 0.2) is 60.7 Å². The Kier molecular flexibility index (Phi) is 6.43. The first-order valence-corrected chi connectivity index (χ1v) is 12.5. The van der Waals surface area contributed by atoms with E-state index in [1.807, 2.05) is 86.1 Å². The Balaban J connectivity index is 1.36. The zero-order valence-electron chi connectivity index (χ0n) is 21.0. The van der Waals surface area contributed by atoms with Crippen molar-refractivity contribution in [3.63, 3.8) is 0 Å². The van der Waals surface area contributed by atoms with Crippen LogP contribution in [0.2, 0.25) is 0 Å². The van der Waals surface area contributed by atoms with Crippen LogP contribution in [0, 0.1) is 0 Å².